The van der Waals surface area contributed by atoms with Crippen LogP contribution in [0.25, 0.3) is 16.8 Å². The van der Waals surface area contributed by atoms with Crippen LogP contribution in [0.15, 0.2) is 48.8 Å². The number of carbonyl (C=O) groups is 1. The first kappa shape index (κ1) is 21.9. The molecule has 8 heteroatoms. The minimum Gasteiger partial charge on any atom is -0.355 e. The Balaban J connectivity index is 1.35. The topological polar surface area (TPSA) is 89.4 Å². The van der Waals surface area contributed by atoms with Gasteiger partial charge in [-0.1, -0.05) is 6.07 Å². The van der Waals surface area contributed by atoms with Gasteiger partial charge < -0.3 is 10.6 Å². The summed E-state index contributed by atoms with van der Waals surface area (Å²) in [5, 5.41) is 4.51. The highest BCUT2D eigenvalue weighted by molar-refractivity contribution is 5.95. The van der Waals surface area contributed by atoms with Crippen molar-refractivity contribution in [1.29, 1.82) is 0 Å². The molecule has 0 bridgehead atoms. The number of hydrogen-bond acceptors (Lipinski definition) is 6. The molecule has 1 aromatic carbocycles. The second-order valence-electron chi connectivity index (χ2n) is 9.79. The molecule has 1 aliphatic carbocycles. The molecule has 35 heavy (non-hydrogen) atoms. The number of aryl methyl sites for hydroxylation is 1. The quantitative estimate of drug-likeness (QED) is 0.450. The Morgan fingerprint density at radius 3 is 2.71 bits per heavy atom. The van der Waals surface area contributed by atoms with Gasteiger partial charge in [-0.2, -0.15) is 5.10 Å². The summed E-state index contributed by atoms with van der Waals surface area (Å²) >= 11 is 0. The van der Waals surface area contributed by atoms with E-state index in [1.54, 1.807) is 16.8 Å². The van der Waals surface area contributed by atoms with E-state index in [1.165, 1.54) is 24.6 Å². The van der Waals surface area contributed by atoms with Crippen molar-refractivity contribution in [2.24, 2.45) is 11.1 Å². The molecule has 2 aliphatic rings. The third-order valence-corrected chi connectivity index (χ3v) is 7.83. The minimum atomic E-state index is -0.409. The number of rotatable bonds is 3. The number of hydrogen-bond donors (Lipinski definition) is 1. The monoisotopic (exact) mass is 470 g/mol. The number of piperidine rings is 1. The van der Waals surface area contributed by atoms with Crippen molar-refractivity contribution in [1.82, 2.24) is 19.6 Å². The van der Waals surface area contributed by atoms with E-state index in [2.05, 4.69) is 21.0 Å². The highest BCUT2D eigenvalue weighted by Gasteiger charge is 2.46. The van der Waals surface area contributed by atoms with E-state index < -0.39 is 5.82 Å². The van der Waals surface area contributed by atoms with Crippen LogP contribution >= 0.6 is 0 Å². The SMILES string of the molecule is CC(=O)c1ccc(F)c(-c2c(C)nc(N3CCC4(CC3)Cc3ncccc3[C@H]4N)c3ccnn23)c1. The van der Waals surface area contributed by atoms with Crippen molar-refractivity contribution in [3.63, 3.8) is 0 Å². The average molecular weight is 471 g/mol. The van der Waals surface area contributed by atoms with Gasteiger partial charge in [0, 0.05) is 42.1 Å². The van der Waals surface area contributed by atoms with Crippen LogP contribution in [0.4, 0.5) is 10.2 Å². The van der Waals surface area contributed by atoms with E-state index >= 15 is 0 Å². The largest absolute Gasteiger partial charge is 0.355 e. The zero-order valence-electron chi connectivity index (χ0n) is 19.8. The highest BCUT2D eigenvalue weighted by Crippen LogP contribution is 2.50. The summed E-state index contributed by atoms with van der Waals surface area (Å²) in [5.74, 6) is 0.312. The molecular formula is C27H27FN6O. The number of ketones is 1. The lowest BCUT2D eigenvalue weighted by molar-refractivity contribution is 0.101. The number of pyridine rings is 1. The van der Waals surface area contributed by atoms with Crippen molar-refractivity contribution >= 4 is 17.1 Å². The van der Waals surface area contributed by atoms with Crippen molar-refractivity contribution < 1.29 is 9.18 Å². The normalized spacial score (nSPS) is 18.9. The average Bonchev–Trinajstić information content (AvgIpc) is 3.43. The van der Waals surface area contributed by atoms with E-state index in [-0.39, 0.29) is 17.2 Å². The number of nitrogens with two attached hydrogens (primary N) is 1. The molecule has 1 fully saturated rings. The summed E-state index contributed by atoms with van der Waals surface area (Å²) < 4.78 is 16.6. The second-order valence-corrected chi connectivity index (χ2v) is 9.79. The minimum absolute atomic E-state index is 0.00284. The van der Waals surface area contributed by atoms with E-state index in [9.17, 15) is 9.18 Å². The summed E-state index contributed by atoms with van der Waals surface area (Å²) in [6.07, 6.45) is 6.36. The van der Waals surface area contributed by atoms with E-state index in [4.69, 9.17) is 10.7 Å². The van der Waals surface area contributed by atoms with Crippen LogP contribution in [0.3, 0.4) is 0 Å². The first-order valence-electron chi connectivity index (χ1n) is 12.0. The second kappa shape index (κ2) is 7.95. The van der Waals surface area contributed by atoms with Crippen LogP contribution in [-0.4, -0.2) is 38.5 Å². The zero-order valence-corrected chi connectivity index (χ0v) is 19.8. The molecule has 2 N–H and O–H groups in total. The molecule has 0 unspecified atom stereocenters. The van der Waals surface area contributed by atoms with E-state index in [0.717, 1.165) is 49.4 Å². The summed E-state index contributed by atoms with van der Waals surface area (Å²) in [6.45, 7) is 4.98. The Labute approximate surface area is 202 Å². The summed E-state index contributed by atoms with van der Waals surface area (Å²) in [5.41, 5.74) is 11.8. The molecule has 3 aromatic heterocycles. The fourth-order valence-electron chi connectivity index (χ4n) is 5.85. The maximum Gasteiger partial charge on any atom is 0.159 e. The number of Topliss-reactive ketones (excluding diaryl/α,β-unsaturated/α-hetero) is 1. The number of anilines is 1. The lowest BCUT2D eigenvalue weighted by atomic mass is 9.73. The maximum absolute atomic E-state index is 14.9. The van der Waals surface area contributed by atoms with Gasteiger partial charge in [0.2, 0.25) is 0 Å². The number of carbonyl (C=O) groups excluding carboxylic acids is 1. The number of nitrogens with zero attached hydrogens (tertiary/aromatic N) is 5. The van der Waals surface area contributed by atoms with Gasteiger partial charge in [-0.3, -0.25) is 9.78 Å². The fourth-order valence-corrected chi connectivity index (χ4v) is 5.85. The van der Waals surface area contributed by atoms with Crippen LogP contribution in [0.1, 0.15) is 53.1 Å². The molecule has 0 radical (unpaired) electrons. The number of aromatic nitrogens is 4. The van der Waals surface area contributed by atoms with Crippen molar-refractivity contribution in [2.45, 2.75) is 39.2 Å². The Morgan fingerprint density at radius 2 is 1.97 bits per heavy atom. The Kier molecular flexibility index (Phi) is 4.96. The van der Waals surface area contributed by atoms with Crippen molar-refractivity contribution in [2.75, 3.05) is 18.0 Å². The molecule has 1 aliphatic heterocycles. The van der Waals surface area contributed by atoms with Gasteiger partial charge in [0.1, 0.15) is 11.3 Å². The Morgan fingerprint density at radius 1 is 1.17 bits per heavy atom. The van der Waals surface area contributed by atoms with E-state index in [1.807, 2.05) is 25.3 Å². The third kappa shape index (κ3) is 3.35. The number of fused-ring (bicyclic) bond motifs is 2. The van der Waals surface area contributed by atoms with Gasteiger partial charge in [-0.15, -0.1) is 0 Å². The van der Waals surface area contributed by atoms with Crippen LogP contribution in [0.5, 0.6) is 0 Å². The fraction of sp³-hybridized carbons (Fsp3) is 0.333. The van der Waals surface area contributed by atoms with Gasteiger partial charge in [-0.05, 0) is 74.4 Å². The lowest BCUT2D eigenvalue weighted by Gasteiger charge is -2.42. The van der Waals surface area contributed by atoms with Crippen molar-refractivity contribution in [3.05, 3.63) is 77.1 Å². The van der Waals surface area contributed by atoms with Gasteiger partial charge in [0.05, 0.1) is 17.6 Å². The van der Waals surface area contributed by atoms with Crippen LogP contribution in [-0.2, 0) is 6.42 Å². The van der Waals surface area contributed by atoms with Gasteiger partial charge in [0.25, 0.3) is 0 Å². The molecule has 4 heterocycles. The summed E-state index contributed by atoms with van der Waals surface area (Å²) in [4.78, 5) is 23.7. The third-order valence-electron chi connectivity index (χ3n) is 7.83. The van der Waals surface area contributed by atoms with Gasteiger partial charge >= 0.3 is 0 Å². The molecule has 1 atom stereocenters. The smallest absolute Gasteiger partial charge is 0.159 e. The molecular weight excluding hydrogens is 443 g/mol. The molecule has 1 saturated heterocycles. The van der Waals surface area contributed by atoms with Crippen molar-refractivity contribution in [3.8, 4) is 11.3 Å². The van der Waals surface area contributed by atoms with Gasteiger partial charge in [-0.25, -0.2) is 13.9 Å². The highest BCUT2D eigenvalue weighted by atomic mass is 19.1. The molecule has 4 aromatic rings. The van der Waals surface area contributed by atoms with Crippen LogP contribution in [0.2, 0.25) is 0 Å². The Hall–Kier alpha value is -3.65. The predicted molar refractivity (Wildman–Crippen MR) is 132 cm³/mol. The summed E-state index contributed by atoms with van der Waals surface area (Å²) in [6, 6.07) is 10.4. The maximum atomic E-state index is 14.9. The lowest BCUT2D eigenvalue weighted by Crippen LogP contribution is -2.44. The summed E-state index contributed by atoms with van der Waals surface area (Å²) in [7, 11) is 0. The van der Waals surface area contributed by atoms with E-state index in [0.29, 0.717) is 22.5 Å². The molecule has 0 saturated carbocycles. The molecule has 6 rings (SSSR count). The standard InChI is InChI=1S/C27H27FN6O/c1-16-24(20-14-18(17(2)35)5-6-21(20)28)34-23(7-11-31-34)26(32-16)33-12-8-27(9-13-33)15-22-19(25(27)29)4-3-10-30-22/h3-7,10-11,14,25H,8-9,12-13,15,29H2,1-2H3/t25-/m1/s1. The first-order valence-corrected chi connectivity index (χ1v) is 12.0. The van der Waals surface area contributed by atoms with Gasteiger partial charge in [0.15, 0.2) is 11.6 Å². The Bertz CT molecular complexity index is 1470. The first-order chi connectivity index (χ1) is 16.9. The van der Waals surface area contributed by atoms with Crippen LogP contribution in [0, 0.1) is 18.2 Å². The zero-order chi connectivity index (χ0) is 24.3. The van der Waals surface area contributed by atoms with Crippen LogP contribution < -0.4 is 10.6 Å². The predicted octanol–water partition coefficient (Wildman–Crippen LogP) is 4.28. The molecule has 0 amide bonds. The molecule has 1 spiro atoms. The molecule has 178 valence electrons. The number of halogens is 1. The molecule has 7 nitrogen and oxygen atoms in total. The number of benzene rings is 1.